The van der Waals surface area contributed by atoms with Crippen molar-refractivity contribution in [2.24, 2.45) is 0 Å². The Hall–Kier alpha value is -2.41. The number of hydrogen-bond acceptors (Lipinski definition) is 4. The number of amides is 4. The Kier molecular flexibility index (Phi) is 5.35. The monoisotopic (exact) mass is 384 g/mol. The molecule has 3 fully saturated rings. The summed E-state index contributed by atoms with van der Waals surface area (Å²) in [6.07, 6.45) is 4.98. The topological polar surface area (TPSA) is 81.8 Å². The van der Waals surface area contributed by atoms with Gasteiger partial charge in [-0.2, -0.15) is 0 Å². The van der Waals surface area contributed by atoms with Gasteiger partial charge in [0.1, 0.15) is 12.1 Å². The summed E-state index contributed by atoms with van der Waals surface area (Å²) in [6, 6.07) is 10.0. The van der Waals surface area contributed by atoms with Crippen molar-refractivity contribution < 1.29 is 14.4 Å². The molecule has 1 aliphatic carbocycles. The van der Waals surface area contributed by atoms with Crippen LogP contribution in [-0.2, 0) is 16.1 Å². The number of urea groups is 1. The van der Waals surface area contributed by atoms with E-state index in [4.69, 9.17) is 0 Å². The van der Waals surface area contributed by atoms with Crippen LogP contribution in [0.5, 0.6) is 0 Å². The summed E-state index contributed by atoms with van der Waals surface area (Å²) in [4.78, 5) is 40.7. The largest absolute Gasteiger partial charge is 0.352 e. The third kappa shape index (κ3) is 3.90. The molecule has 0 atom stereocenters. The molecule has 0 aromatic heterocycles. The molecular weight excluding hydrogens is 356 g/mol. The van der Waals surface area contributed by atoms with E-state index < -0.39 is 11.6 Å². The van der Waals surface area contributed by atoms with Crippen LogP contribution in [0.3, 0.4) is 0 Å². The van der Waals surface area contributed by atoms with Crippen LogP contribution in [0.2, 0.25) is 0 Å². The number of carbonyl (C=O) groups excluding carboxylic acids is 3. The van der Waals surface area contributed by atoms with Gasteiger partial charge >= 0.3 is 6.03 Å². The molecule has 2 heterocycles. The zero-order valence-corrected chi connectivity index (χ0v) is 16.2. The van der Waals surface area contributed by atoms with Crippen molar-refractivity contribution >= 4 is 17.8 Å². The van der Waals surface area contributed by atoms with Crippen LogP contribution in [0.1, 0.15) is 44.1 Å². The highest BCUT2D eigenvalue weighted by Crippen LogP contribution is 2.34. The lowest BCUT2D eigenvalue weighted by molar-refractivity contribution is -0.135. The maximum absolute atomic E-state index is 12.6. The van der Waals surface area contributed by atoms with E-state index in [1.54, 1.807) is 0 Å². The summed E-state index contributed by atoms with van der Waals surface area (Å²) in [5.41, 5.74) is 0.546. The average molecular weight is 384 g/mol. The fraction of sp³-hybridized carbons (Fsp3) is 0.571. The Balaban J connectivity index is 1.24. The molecule has 2 aliphatic heterocycles. The van der Waals surface area contributed by atoms with Crippen LogP contribution in [0.15, 0.2) is 30.3 Å². The van der Waals surface area contributed by atoms with E-state index in [-0.39, 0.29) is 24.4 Å². The molecular formula is C21H28N4O3. The number of hydrogen-bond donors (Lipinski definition) is 2. The molecule has 2 N–H and O–H groups in total. The second-order valence-electron chi connectivity index (χ2n) is 8.21. The van der Waals surface area contributed by atoms with Gasteiger partial charge in [0.15, 0.2) is 0 Å². The van der Waals surface area contributed by atoms with Crippen LogP contribution < -0.4 is 10.6 Å². The van der Waals surface area contributed by atoms with Crippen LogP contribution in [0, 0.1) is 0 Å². The molecule has 4 amide bonds. The molecule has 28 heavy (non-hydrogen) atoms. The molecule has 3 aliphatic rings. The van der Waals surface area contributed by atoms with Crippen molar-refractivity contribution in [1.82, 2.24) is 20.4 Å². The highest BCUT2D eigenvalue weighted by atomic mass is 16.2. The van der Waals surface area contributed by atoms with Crippen molar-refractivity contribution in [3.05, 3.63) is 35.9 Å². The standard InChI is InChI=1S/C21H28N4O3/c26-18(15-25-19(27)21(23-20(25)28)10-4-5-11-21)22-17-8-12-24(13-9-17)14-16-6-2-1-3-7-16/h1-3,6-7,17H,4-5,8-15H2,(H,22,26)(H,23,28). The van der Waals surface area contributed by atoms with Gasteiger partial charge in [0.05, 0.1) is 0 Å². The number of piperidine rings is 1. The second kappa shape index (κ2) is 7.91. The molecule has 7 heteroatoms. The second-order valence-corrected chi connectivity index (χ2v) is 8.21. The van der Waals surface area contributed by atoms with Crippen LogP contribution >= 0.6 is 0 Å². The lowest BCUT2D eigenvalue weighted by Gasteiger charge is -2.32. The van der Waals surface area contributed by atoms with Crippen LogP contribution in [0.25, 0.3) is 0 Å². The molecule has 1 aromatic rings. The molecule has 0 bridgehead atoms. The van der Waals surface area contributed by atoms with Crippen molar-refractivity contribution in [2.45, 2.75) is 56.7 Å². The van der Waals surface area contributed by atoms with Gasteiger partial charge in [0, 0.05) is 25.7 Å². The van der Waals surface area contributed by atoms with Crippen molar-refractivity contribution in [1.29, 1.82) is 0 Å². The van der Waals surface area contributed by atoms with Gasteiger partial charge in [-0.05, 0) is 31.2 Å². The van der Waals surface area contributed by atoms with Gasteiger partial charge in [-0.25, -0.2) is 4.79 Å². The van der Waals surface area contributed by atoms with E-state index in [1.165, 1.54) is 5.56 Å². The summed E-state index contributed by atoms with van der Waals surface area (Å²) in [7, 11) is 0. The maximum Gasteiger partial charge on any atom is 0.325 e. The van der Waals surface area contributed by atoms with Gasteiger partial charge in [-0.1, -0.05) is 43.2 Å². The summed E-state index contributed by atoms with van der Waals surface area (Å²) in [5, 5.41) is 5.83. The van der Waals surface area contributed by atoms with Gasteiger partial charge in [-0.3, -0.25) is 19.4 Å². The van der Waals surface area contributed by atoms with E-state index in [9.17, 15) is 14.4 Å². The van der Waals surface area contributed by atoms with E-state index in [0.717, 1.165) is 50.2 Å². The summed E-state index contributed by atoms with van der Waals surface area (Å²) in [6.45, 7) is 2.58. The van der Waals surface area contributed by atoms with Gasteiger partial charge < -0.3 is 10.6 Å². The number of rotatable bonds is 5. The highest BCUT2D eigenvalue weighted by molar-refractivity contribution is 6.09. The first-order chi connectivity index (χ1) is 13.6. The predicted octanol–water partition coefficient (Wildman–Crippen LogP) is 1.63. The maximum atomic E-state index is 12.6. The average Bonchev–Trinajstić information content (AvgIpc) is 3.25. The summed E-state index contributed by atoms with van der Waals surface area (Å²) in [5.74, 6) is -0.483. The number of carbonyl (C=O) groups is 3. The molecule has 1 saturated carbocycles. The molecule has 7 nitrogen and oxygen atoms in total. The SMILES string of the molecule is O=C(CN1C(=O)NC2(CCCC2)C1=O)NC1CCN(Cc2ccccc2)CC1. The lowest BCUT2D eigenvalue weighted by Crippen LogP contribution is -2.49. The van der Waals surface area contributed by atoms with Crippen LogP contribution in [-0.4, -0.2) is 58.9 Å². The fourth-order valence-electron chi connectivity index (χ4n) is 4.63. The minimum atomic E-state index is -0.750. The van der Waals surface area contributed by atoms with Gasteiger partial charge in [0.2, 0.25) is 5.91 Å². The van der Waals surface area contributed by atoms with Crippen molar-refractivity contribution in [2.75, 3.05) is 19.6 Å². The van der Waals surface area contributed by atoms with Crippen LogP contribution in [0.4, 0.5) is 4.79 Å². The van der Waals surface area contributed by atoms with E-state index in [1.807, 2.05) is 18.2 Å². The third-order valence-electron chi connectivity index (χ3n) is 6.21. The van der Waals surface area contributed by atoms with Crippen molar-refractivity contribution in [3.63, 3.8) is 0 Å². The molecule has 0 unspecified atom stereocenters. The number of imide groups is 1. The summed E-state index contributed by atoms with van der Waals surface area (Å²) >= 11 is 0. The molecule has 150 valence electrons. The molecule has 2 saturated heterocycles. The van der Waals surface area contributed by atoms with Gasteiger partial charge in [0.25, 0.3) is 5.91 Å². The Labute approximate surface area is 165 Å². The predicted molar refractivity (Wildman–Crippen MR) is 104 cm³/mol. The first-order valence-corrected chi connectivity index (χ1v) is 10.3. The fourth-order valence-corrected chi connectivity index (χ4v) is 4.63. The molecule has 4 rings (SSSR count). The normalized spacial score (nSPS) is 22.6. The van der Waals surface area contributed by atoms with E-state index in [0.29, 0.717) is 12.8 Å². The Morgan fingerprint density at radius 3 is 2.46 bits per heavy atom. The number of benzene rings is 1. The quantitative estimate of drug-likeness (QED) is 0.756. The molecule has 0 radical (unpaired) electrons. The zero-order chi connectivity index (χ0) is 19.6. The minimum Gasteiger partial charge on any atom is -0.352 e. The van der Waals surface area contributed by atoms with Crippen molar-refractivity contribution in [3.8, 4) is 0 Å². The molecule has 1 aromatic carbocycles. The Morgan fingerprint density at radius 1 is 1.11 bits per heavy atom. The number of nitrogens with zero attached hydrogens (tertiary/aromatic N) is 2. The number of likely N-dealkylation sites (tertiary alicyclic amines) is 1. The number of nitrogens with one attached hydrogen (secondary N) is 2. The van der Waals surface area contributed by atoms with Gasteiger partial charge in [-0.15, -0.1) is 0 Å². The molecule has 1 spiro atoms. The first kappa shape index (κ1) is 18.9. The summed E-state index contributed by atoms with van der Waals surface area (Å²) < 4.78 is 0. The Morgan fingerprint density at radius 2 is 1.79 bits per heavy atom. The lowest BCUT2D eigenvalue weighted by atomic mass is 9.98. The van der Waals surface area contributed by atoms with E-state index in [2.05, 4.69) is 27.7 Å². The Bertz CT molecular complexity index is 737. The first-order valence-electron chi connectivity index (χ1n) is 10.3. The highest BCUT2D eigenvalue weighted by Gasteiger charge is 2.52. The van der Waals surface area contributed by atoms with E-state index >= 15 is 0 Å². The minimum absolute atomic E-state index is 0.0979. The smallest absolute Gasteiger partial charge is 0.325 e. The zero-order valence-electron chi connectivity index (χ0n) is 16.2. The third-order valence-corrected chi connectivity index (χ3v) is 6.21.